The zero-order valence-corrected chi connectivity index (χ0v) is 14.5. The average Bonchev–Trinajstić information content (AvgIpc) is 3.12. The van der Waals surface area contributed by atoms with Gasteiger partial charge in [0, 0.05) is 48.9 Å². The van der Waals surface area contributed by atoms with Crippen molar-refractivity contribution < 1.29 is 9.53 Å². The zero-order valence-electron chi connectivity index (χ0n) is 13.0. The fourth-order valence-electron chi connectivity index (χ4n) is 3.41. The molecule has 2 aliphatic rings. The van der Waals surface area contributed by atoms with Gasteiger partial charge in [-0.05, 0) is 18.4 Å². The molecule has 122 valence electrons. The van der Waals surface area contributed by atoms with Gasteiger partial charge in [-0.25, -0.2) is 0 Å². The number of aryl methyl sites for hydroxylation is 1. The summed E-state index contributed by atoms with van der Waals surface area (Å²) in [6, 6.07) is 2.45. The van der Waals surface area contributed by atoms with Crippen LogP contribution >= 0.6 is 22.9 Å². The van der Waals surface area contributed by atoms with Crippen LogP contribution in [0.5, 0.6) is 0 Å². The summed E-state index contributed by atoms with van der Waals surface area (Å²) in [7, 11) is 0. The second kappa shape index (κ2) is 7.30. The van der Waals surface area contributed by atoms with Crippen molar-refractivity contribution in [2.75, 3.05) is 39.4 Å². The van der Waals surface area contributed by atoms with Gasteiger partial charge in [-0.1, -0.05) is 18.5 Å². The lowest BCUT2D eigenvalue weighted by Crippen LogP contribution is -2.47. The molecule has 0 saturated carbocycles. The third-order valence-corrected chi connectivity index (χ3v) is 5.99. The molecule has 2 aliphatic heterocycles. The number of halogens is 1. The smallest absolute Gasteiger partial charge is 0.222 e. The summed E-state index contributed by atoms with van der Waals surface area (Å²) in [6.45, 7) is 7.62. The lowest BCUT2D eigenvalue weighted by Gasteiger charge is -2.34. The molecule has 0 aromatic carbocycles. The minimum atomic E-state index is 0.270. The van der Waals surface area contributed by atoms with Crippen molar-refractivity contribution in [1.29, 1.82) is 0 Å². The number of likely N-dealkylation sites (tertiary alicyclic amines) is 1. The normalized spacial score (nSPS) is 26.5. The van der Waals surface area contributed by atoms with Crippen LogP contribution < -0.4 is 0 Å². The highest BCUT2D eigenvalue weighted by Gasteiger charge is 2.36. The van der Waals surface area contributed by atoms with Crippen LogP contribution in [0.15, 0.2) is 11.4 Å². The summed E-state index contributed by atoms with van der Waals surface area (Å²) < 4.78 is 5.43. The minimum Gasteiger partial charge on any atom is -0.379 e. The molecule has 2 saturated heterocycles. The third-order valence-electron chi connectivity index (χ3n) is 4.65. The van der Waals surface area contributed by atoms with Crippen LogP contribution in [0.4, 0.5) is 0 Å². The van der Waals surface area contributed by atoms with Crippen LogP contribution in [0, 0.1) is 5.92 Å². The molecular weight excluding hydrogens is 320 g/mol. The molecule has 3 rings (SSSR count). The van der Waals surface area contributed by atoms with E-state index < -0.39 is 0 Å². The lowest BCUT2D eigenvalue weighted by molar-refractivity contribution is -0.130. The zero-order chi connectivity index (χ0) is 15.5. The summed E-state index contributed by atoms with van der Waals surface area (Å²) in [4.78, 5) is 18.2. The maximum Gasteiger partial charge on any atom is 0.222 e. The summed E-state index contributed by atoms with van der Waals surface area (Å²) in [5, 5.41) is 2.70. The Morgan fingerprint density at radius 1 is 1.41 bits per heavy atom. The van der Waals surface area contributed by atoms with Gasteiger partial charge in [-0.2, -0.15) is 0 Å². The highest BCUT2D eigenvalue weighted by Crippen LogP contribution is 2.25. The van der Waals surface area contributed by atoms with Crippen molar-refractivity contribution in [2.24, 2.45) is 5.92 Å². The molecule has 2 fully saturated rings. The van der Waals surface area contributed by atoms with Gasteiger partial charge in [0.1, 0.15) is 0 Å². The largest absolute Gasteiger partial charge is 0.379 e. The Morgan fingerprint density at radius 2 is 2.18 bits per heavy atom. The van der Waals surface area contributed by atoms with Gasteiger partial charge in [0.25, 0.3) is 0 Å². The summed E-state index contributed by atoms with van der Waals surface area (Å²) in [5.41, 5.74) is 0. The van der Waals surface area contributed by atoms with Crippen molar-refractivity contribution in [2.45, 2.75) is 25.8 Å². The van der Waals surface area contributed by atoms with Gasteiger partial charge in [0.2, 0.25) is 5.91 Å². The number of nitrogens with zero attached hydrogens (tertiary/aromatic N) is 2. The second-order valence-corrected chi connectivity index (χ2v) is 7.66. The quantitative estimate of drug-likeness (QED) is 0.843. The Kier molecular flexibility index (Phi) is 5.39. The Labute approximate surface area is 141 Å². The standard InChI is InChI=1S/C16H23ClN2O2S/c1-12-9-19(10-15(12)18-4-6-21-7-5-18)16(20)3-2-14-8-13(17)11-22-14/h8,11-12,15H,2-7,9-10H2,1H3/t12-,15+/m0/s1. The first kappa shape index (κ1) is 16.2. The fraction of sp³-hybridized carbons (Fsp3) is 0.688. The molecule has 4 nitrogen and oxygen atoms in total. The number of amides is 1. The molecule has 3 heterocycles. The third kappa shape index (κ3) is 3.82. The molecule has 1 aromatic rings. The van der Waals surface area contributed by atoms with Crippen molar-refractivity contribution in [1.82, 2.24) is 9.80 Å². The Bertz CT molecular complexity index is 516. The van der Waals surface area contributed by atoms with E-state index in [-0.39, 0.29) is 5.91 Å². The van der Waals surface area contributed by atoms with Gasteiger partial charge in [0.15, 0.2) is 0 Å². The summed E-state index contributed by atoms with van der Waals surface area (Å²) in [5.74, 6) is 0.811. The maximum absolute atomic E-state index is 12.5. The molecule has 0 N–H and O–H groups in total. The number of rotatable bonds is 4. The Morgan fingerprint density at radius 3 is 2.86 bits per heavy atom. The molecule has 0 aliphatic carbocycles. The van der Waals surface area contributed by atoms with Gasteiger partial charge in [-0.3, -0.25) is 9.69 Å². The van der Waals surface area contributed by atoms with Crippen LogP contribution in [0.1, 0.15) is 18.2 Å². The topological polar surface area (TPSA) is 32.8 Å². The monoisotopic (exact) mass is 342 g/mol. The van der Waals surface area contributed by atoms with E-state index in [0.717, 1.165) is 50.8 Å². The van der Waals surface area contributed by atoms with Crippen molar-refractivity contribution in [3.63, 3.8) is 0 Å². The van der Waals surface area contributed by atoms with Crippen molar-refractivity contribution >= 4 is 28.8 Å². The van der Waals surface area contributed by atoms with E-state index in [1.165, 1.54) is 4.88 Å². The van der Waals surface area contributed by atoms with E-state index in [1.54, 1.807) is 11.3 Å². The molecule has 0 radical (unpaired) electrons. The first-order valence-electron chi connectivity index (χ1n) is 7.96. The maximum atomic E-state index is 12.5. The predicted octanol–water partition coefficient (Wildman–Crippen LogP) is 2.51. The second-order valence-electron chi connectivity index (χ2n) is 6.22. The molecule has 1 amide bonds. The molecule has 0 unspecified atom stereocenters. The van der Waals surface area contributed by atoms with E-state index in [0.29, 0.717) is 18.4 Å². The molecule has 6 heteroatoms. The van der Waals surface area contributed by atoms with Crippen molar-refractivity contribution in [3.8, 4) is 0 Å². The minimum absolute atomic E-state index is 0.270. The van der Waals surface area contributed by atoms with Gasteiger partial charge < -0.3 is 9.64 Å². The highest BCUT2D eigenvalue weighted by atomic mass is 35.5. The number of carbonyl (C=O) groups excluding carboxylic acids is 1. The lowest BCUT2D eigenvalue weighted by atomic mass is 10.0. The number of hydrogen-bond acceptors (Lipinski definition) is 4. The number of hydrogen-bond donors (Lipinski definition) is 0. The average molecular weight is 343 g/mol. The van der Waals surface area contributed by atoms with Gasteiger partial charge in [-0.15, -0.1) is 11.3 Å². The Hall–Kier alpha value is -0.620. The molecule has 0 spiro atoms. The van der Waals surface area contributed by atoms with Crippen LogP contribution in [-0.4, -0.2) is 61.1 Å². The summed E-state index contributed by atoms with van der Waals surface area (Å²) in [6.07, 6.45) is 1.38. The highest BCUT2D eigenvalue weighted by molar-refractivity contribution is 7.10. The number of thiophene rings is 1. The number of carbonyl (C=O) groups is 1. The Balaban J connectivity index is 1.51. The first-order valence-corrected chi connectivity index (χ1v) is 9.21. The SMILES string of the molecule is C[C@H]1CN(C(=O)CCc2cc(Cl)cs2)C[C@H]1N1CCOCC1. The number of ether oxygens (including phenoxy) is 1. The first-order chi connectivity index (χ1) is 10.6. The number of morpholine rings is 1. The van der Waals surface area contributed by atoms with E-state index in [4.69, 9.17) is 16.3 Å². The molecule has 2 atom stereocenters. The van der Waals surface area contributed by atoms with Crippen molar-refractivity contribution in [3.05, 3.63) is 21.3 Å². The molecule has 0 bridgehead atoms. The van der Waals surface area contributed by atoms with E-state index in [1.807, 2.05) is 16.3 Å². The molecule has 1 aromatic heterocycles. The molecular formula is C16H23ClN2O2S. The van der Waals surface area contributed by atoms with Crippen LogP contribution in [0.2, 0.25) is 5.02 Å². The summed E-state index contributed by atoms with van der Waals surface area (Å²) >= 11 is 7.56. The van der Waals surface area contributed by atoms with Crippen LogP contribution in [0.3, 0.4) is 0 Å². The van der Waals surface area contributed by atoms with Gasteiger partial charge >= 0.3 is 0 Å². The van der Waals surface area contributed by atoms with Gasteiger partial charge in [0.05, 0.1) is 18.2 Å². The fourth-order valence-corrected chi connectivity index (χ4v) is 4.49. The van der Waals surface area contributed by atoms with E-state index in [9.17, 15) is 4.79 Å². The van der Waals surface area contributed by atoms with E-state index in [2.05, 4.69) is 11.8 Å². The van der Waals surface area contributed by atoms with Crippen LogP contribution in [0.25, 0.3) is 0 Å². The van der Waals surface area contributed by atoms with Crippen LogP contribution in [-0.2, 0) is 16.0 Å². The van der Waals surface area contributed by atoms with E-state index >= 15 is 0 Å². The predicted molar refractivity (Wildman–Crippen MR) is 89.6 cm³/mol. The molecule has 22 heavy (non-hydrogen) atoms.